The van der Waals surface area contributed by atoms with Crippen molar-refractivity contribution < 1.29 is 4.79 Å². The predicted octanol–water partition coefficient (Wildman–Crippen LogP) is 1.50. The average Bonchev–Trinajstić information content (AvgIpc) is 2.94. The highest BCUT2D eigenvalue weighted by molar-refractivity contribution is 5.88. The molecule has 0 N–H and O–H groups in total. The van der Waals surface area contributed by atoms with Gasteiger partial charge in [0.1, 0.15) is 5.78 Å². The van der Waals surface area contributed by atoms with Crippen LogP contribution >= 0.6 is 0 Å². The average molecular weight is 172 g/mol. The minimum Gasteiger partial charge on any atom is -0.299 e. The summed E-state index contributed by atoms with van der Waals surface area (Å²) in [6, 6.07) is 0. The van der Waals surface area contributed by atoms with Crippen LogP contribution < -0.4 is 0 Å². The van der Waals surface area contributed by atoms with Crippen LogP contribution in [0.25, 0.3) is 0 Å². The number of Topliss-reactive ketones (excluding diaryl/α,β-unsaturated/α-hetero) is 1. The lowest BCUT2D eigenvalue weighted by atomic mass is 9.70. The summed E-state index contributed by atoms with van der Waals surface area (Å²) in [7, 11) is 0. The van der Waals surface area contributed by atoms with Crippen molar-refractivity contribution in [1.29, 1.82) is 0 Å². The quantitative estimate of drug-likeness (QED) is 0.548. The van der Waals surface area contributed by atoms with Crippen LogP contribution in [0.4, 0.5) is 0 Å². The number of carbonyl (C=O) groups excluding carboxylic acids is 1. The van der Waals surface area contributed by atoms with Crippen LogP contribution in [0, 0.1) is 46.8 Å². The molecule has 1 nitrogen and oxygen atoms in total. The zero-order valence-corrected chi connectivity index (χ0v) is 7.44. The third-order valence-electron chi connectivity index (χ3n) is 6.06. The third-order valence-corrected chi connectivity index (χ3v) is 6.06. The Kier molecular flexibility index (Phi) is 0.578. The first-order chi connectivity index (χ1) is 6.32. The maximum Gasteiger partial charge on any atom is 0.136 e. The molecule has 6 saturated carbocycles. The van der Waals surface area contributed by atoms with Crippen molar-refractivity contribution in [3.63, 3.8) is 0 Å². The Labute approximate surface area is 77.2 Å². The van der Waals surface area contributed by atoms with Crippen LogP contribution in [-0.2, 0) is 4.79 Å². The molecule has 0 aromatic heterocycles. The summed E-state index contributed by atoms with van der Waals surface area (Å²) in [5.74, 6) is 6.31. The summed E-state index contributed by atoms with van der Waals surface area (Å²) in [6.45, 7) is 4.02. The van der Waals surface area contributed by atoms with E-state index in [2.05, 4.69) is 12.7 Å². The Morgan fingerprint density at radius 1 is 1.31 bits per heavy atom. The number of fused-ring (bicyclic) bond motifs is 1. The topological polar surface area (TPSA) is 17.1 Å². The van der Waals surface area contributed by atoms with Crippen LogP contribution in [0.3, 0.4) is 0 Å². The number of rotatable bonds is 1. The second-order valence-electron chi connectivity index (χ2n) is 5.80. The van der Waals surface area contributed by atoms with Gasteiger partial charge in [-0.15, -0.1) is 6.58 Å². The zero-order valence-electron chi connectivity index (χ0n) is 7.44. The first-order valence-corrected chi connectivity index (χ1v) is 5.48. The van der Waals surface area contributed by atoms with E-state index in [9.17, 15) is 4.79 Å². The fourth-order valence-electron chi connectivity index (χ4n) is 6.07. The van der Waals surface area contributed by atoms with Gasteiger partial charge in [-0.25, -0.2) is 0 Å². The smallest absolute Gasteiger partial charge is 0.136 e. The second kappa shape index (κ2) is 1.25. The maximum atomic E-state index is 11.8. The lowest BCUT2D eigenvalue weighted by Gasteiger charge is -2.32. The van der Waals surface area contributed by atoms with E-state index < -0.39 is 0 Å². The van der Waals surface area contributed by atoms with E-state index >= 15 is 0 Å². The first kappa shape index (κ1) is 6.00. The van der Waals surface area contributed by atoms with Crippen molar-refractivity contribution in [1.82, 2.24) is 0 Å². The third kappa shape index (κ3) is 0.318. The summed E-state index contributed by atoms with van der Waals surface area (Å²) in [5.41, 5.74) is 0.497. The molecule has 6 fully saturated rings. The molecule has 0 radical (unpaired) electrons. The van der Waals surface area contributed by atoms with E-state index in [1.54, 1.807) is 0 Å². The molecule has 0 amide bonds. The minimum atomic E-state index is 0.497. The Morgan fingerprint density at radius 3 is 2.69 bits per heavy atom. The van der Waals surface area contributed by atoms with Crippen molar-refractivity contribution in [3.8, 4) is 0 Å². The fourth-order valence-corrected chi connectivity index (χ4v) is 6.07. The van der Waals surface area contributed by atoms with Gasteiger partial charge in [-0.2, -0.15) is 0 Å². The number of ketones is 1. The molecule has 0 saturated heterocycles. The Bertz CT molecular complexity index is 379. The monoisotopic (exact) mass is 172 g/mol. The number of hydrogen-bond acceptors (Lipinski definition) is 1. The normalized spacial score (nSPS) is 78.5. The summed E-state index contributed by atoms with van der Waals surface area (Å²) >= 11 is 0. The van der Waals surface area contributed by atoms with Crippen LogP contribution in [0.5, 0.6) is 0 Å². The second-order valence-corrected chi connectivity index (χ2v) is 5.80. The summed E-state index contributed by atoms with van der Waals surface area (Å²) in [6.07, 6.45) is 3.15. The van der Waals surface area contributed by atoms with Gasteiger partial charge in [0.15, 0.2) is 0 Å². The standard InChI is InChI=1S/C12H12O/c1-2-12-9-4-3-5(13)7(11(9)12)8-6(4)10(8)12/h2,4,6-11H,1,3H2/t4-,6-,7+,8-,9+,10-,11-,12-/m1/s1. The van der Waals surface area contributed by atoms with Gasteiger partial charge >= 0.3 is 0 Å². The molecule has 6 rings (SSSR count). The van der Waals surface area contributed by atoms with Crippen molar-refractivity contribution in [2.45, 2.75) is 6.42 Å². The van der Waals surface area contributed by atoms with E-state index in [0.717, 1.165) is 41.9 Å². The minimum absolute atomic E-state index is 0.497. The summed E-state index contributed by atoms with van der Waals surface area (Å²) in [4.78, 5) is 11.8. The molecule has 2 bridgehead atoms. The molecule has 1 heteroatoms. The van der Waals surface area contributed by atoms with E-state index in [0.29, 0.717) is 17.1 Å². The molecule has 66 valence electrons. The van der Waals surface area contributed by atoms with Crippen LogP contribution in [0.15, 0.2) is 12.7 Å². The SMILES string of the molecule is C=C[C@@]12[C@@H]3[C@@H]4[C@H]5CC(=O)[C@@H]([C@@H]43)[C@@H]1[C@H]52. The molecule has 6 aliphatic rings. The lowest BCUT2D eigenvalue weighted by molar-refractivity contribution is -0.130. The summed E-state index contributed by atoms with van der Waals surface area (Å²) in [5, 5.41) is 0. The molecular formula is C12H12O. The molecule has 8 atom stereocenters. The van der Waals surface area contributed by atoms with Crippen LogP contribution in [-0.4, -0.2) is 5.78 Å². The fraction of sp³-hybridized carbons (Fsp3) is 0.750. The van der Waals surface area contributed by atoms with Gasteiger partial charge in [-0.05, 0) is 40.9 Å². The van der Waals surface area contributed by atoms with Crippen LogP contribution in [0.2, 0.25) is 0 Å². The number of hydrogen-bond donors (Lipinski definition) is 0. The predicted molar refractivity (Wildman–Crippen MR) is 46.7 cm³/mol. The lowest BCUT2D eigenvalue weighted by Crippen LogP contribution is -2.35. The van der Waals surface area contributed by atoms with E-state index in [-0.39, 0.29) is 0 Å². The van der Waals surface area contributed by atoms with Gasteiger partial charge in [0.2, 0.25) is 0 Å². The molecule has 0 aromatic rings. The first-order valence-electron chi connectivity index (χ1n) is 5.48. The largest absolute Gasteiger partial charge is 0.299 e. The highest BCUT2D eigenvalue weighted by Gasteiger charge is 2.95. The van der Waals surface area contributed by atoms with Gasteiger partial charge in [0, 0.05) is 12.3 Å². The molecule has 0 aromatic carbocycles. The highest BCUT2D eigenvalue weighted by Crippen LogP contribution is 2.96. The van der Waals surface area contributed by atoms with Crippen molar-refractivity contribution in [2.24, 2.45) is 46.8 Å². The Balaban J connectivity index is 1.84. The maximum absolute atomic E-state index is 11.8. The highest BCUT2D eigenvalue weighted by atomic mass is 16.1. The van der Waals surface area contributed by atoms with Crippen molar-refractivity contribution in [2.75, 3.05) is 0 Å². The van der Waals surface area contributed by atoms with E-state index in [1.165, 1.54) is 0 Å². The number of allylic oxidation sites excluding steroid dienone is 1. The number of carbonyl (C=O) groups is 1. The Morgan fingerprint density at radius 2 is 2.15 bits per heavy atom. The zero-order chi connectivity index (χ0) is 8.53. The van der Waals surface area contributed by atoms with E-state index in [1.807, 2.05) is 0 Å². The van der Waals surface area contributed by atoms with Gasteiger partial charge in [0.05, 0.1) is 0 Å². The molecule has 6 aliphatic carbocycles. The van der Waals surface area contributed by atoms with Crippen molar-refractivity contribution >= 4 is 5.78 Å². The van der Waals surface area contributed by atoms with Gasteiger partial charge < -0.3 is 0 Å². The molecular weight excluding hydrogens is 160 g/mol. The molecule has 0 unspecified atom stereocenters. The van der Waals surface area contributed by atoms with E-state index in [4.69, 9.17) is 0 Å². The molecule has 0 heterocycles. The van der Waals surface area contributed by atoms with Gasteiger partial charge in [-0.1, -0.05) is 6.08 Å². The van der Waals surface area contributed by atoms with Crippen LogP contribution in [0.1, 0.15) is 6.42 Å². The Hall–Kier alpha value is -0.590. The molecule has 0 spiro atoms. The van der Waals surface area contributed by atoms with Gasteiger partial charge in [0.25, 0.3) is 0 Å². The molecule has 13 heavy (non-hydrogen) atoms. The van der Waals surface area contributed by atoms with Gasteiger partial charge in [-0.3, -0.25) is 4.79 Å². The molecule has 0 aliphatic heterocycles. The summed E-state index contributed by atoms with van der Waals surface area (Å²) < 4.78 is 0. The van der Waals surface area contributed by atoms with Crippen molar-refractivity contribution in [3.05, 3.63) is 12.7 Å².